The highest BCUT2D eigenvalue weighted by molar-refractivity contribution is 7.92. The van der Waals surface area contributed by atoms with Crippen molar-refractivity contribution in [2.75, 3.05) is 97.2 Å². The minimum atomic E-state index is -3.46. The van der Waals surface area contributed by atoms with E-state index in [2.05, 4.69) is 89.5 Å². The third kappa shape index (κ3) is 13.2. The van der Waals surface area contributed by atoms with Crippen molar-refractivity contribution in [1.29, 1.82) is 0 Å². The highest BCUT2D eigenvalue weighted by atomic mass is 32.2. The third-order valence-corrected chi connectivity index (χ3v) is 17.9. The Morgan fingerprint density at radius 3 is 1.57 bits per heavy atom. The van der Waals surface area contributed by atoms with Gasteiger partial charge in [0.25, 0.3) is 0 Å². The van der Waals surface area contributed by atoms with Crippen LogP contribution >= 0.6 is 0 Å². The predicted molar refractivity (Wildman–Crippen MR) is 292 cm³/mol. The van der Waals surface area contributed by atoms with Crippen LogP contribution in [0.5, 0.6) is 0 Å². The quantitative estimate of drug-likeness (QED) is 0.136. The molecule has 6 saturated heterocycles. The summed E-state index contributed by atoms with van der Waals surface area (Å²) in [5, 5.41) is 27.0. The van der Waals surface area contributed by atoms with E-state index in [1.54, 1.807) is 9.80 Å². The average molecular weight is 1100 g/mol. The van der Waals surface area contributed by atoms with Crippen molar-refractivity contribution in [3.63, 3.8) is 0 Å². The number of rotatable bonds is 12. The van der Waals surface area contributed by atoms with Crippen LogP contribution in [0.25, 0.3) is 0 Å². The molecule has 4 aromatic rings. The standard InChI is InChI=1S/C27H38N6O5S.C26H36N6O5S/c1-20-16-21(18-23(17-20)30-11-4-22(5-12-30)25(34)35)19-32-10-3-7-27(32)8-14-31(15-9-27)26(36)33-13-6-24(28-33)29-39(2,37)38;1-19-4-5-20(22(16-19)30-12-6-21(17-30)24(33)34)18-31-11-3-8-26(31)9-14-29(15-10-26)25(35)32-13-7-23(27-32)28-38(2,36)37/h6,13,16-18,22H,3-5,7-12,14-15,19H2,1-2H3,(H,28,29)(H,34,35);4-5,7,13,16,21H,3,6,8-12,14-15,17-18H2,1-2H3,(H,27,28)(H,33,34). The molecule has 1 unspecified atom stereocenters. The first-order chi connectivity index (χ1) is 36.5. The predicted octanol–water partition coefficient (Wildman–Crippen LogP) is 5.54. The van der Waals surface area contributed by atoms with Crippen molar-refractivity contribution in [2.45, 2.75) is 109 Å². The highest BCUT2D eigenvalue weighted by Crippen LogP contribution is 2.42. The molecule has 6 aliphatic heterocycles. The molecule has 2 spiro atoms. The van der Waals surface area contributed by atoms with Gasteiger partial charge in [-0.3, -0.25) is 28.8 Å². The number of likely N-dealkylation sites (tertiary alicyclic amines) is 4. The number of hydrogen-bond acceptors (Lipinski definition) is 14. The van der Waals surface area contributed by atoms with Gasteiger partial charge in [0.15, 0.2) is 11.6 Å². The van der Waals surface area contributed by atoms with Crippen LogP contribution in [0.4, 0.5) is 32.6 Å². The molecule has 0 saturated carbocycles. The number of nitrogens with zero attached hydrogens (tertiary/aromatic N) is 10. The van der Waals surface area contributed by atoms with Gasteiger partial charge in [0, 0.05) is 112 Å². The van der Waals surface area contributed by atoms with E-state index in [4.69, 9.17) is 0 Å². The molecule has 8 heterocycles. The fourth-order valence-electron chi connectivity index (χ4n) is 12.7. The summed E-state index contributed by atoms with van der Waals surface area (Å²) in [5.41, 5.74) is 7.27. The zero-order valence-corrected chi connectivity index (χ0v) is 46.3. The Bertz CT molecular complexity index is 3050. The van der Waals surface area contributed by atoms with Gasteiger partial charge in [0.2, 0.25) is 20.0 Å². The molecule has 0 aliphatic carbocycles. The van der Waals surface area contributed by atoms with Crippen LogP contribution in [-0.4, -0.2) is 179 Å². The zero-order chi connectivity index (χ0) is 54.9. The van der Waals surface area contributed by atoms with Gasteiger partial charge in [-0.25, -0.2) is 26.4 Å². The summed E-state index contributed by atoms with van der Waals surface area (Å²) in [6.07, 6.45) is 15.0. The summed E-state index contributed by atoms with van der Waals surface area (Å²) in [4.78, 5) is 62.2. The van der Waals surface area contributed by atoms with E-state index in [0.717, 1.165) is 115 Å². The first kappa shape index (κ1) is 55.5. The number of aryl methyl sites for hydroxylation is 2. The highest BCUT2D eigenvalue weighted by Gasteiger charge is 2.46. The van der Waals surface area contributed by atoms with Gasteiger partial charge < -0.3 is 29.8 Å². The van der Waals surface area contributed by atoms with Gasteiger partial charge >= 0.3 is 24.0 Å². The third-order valence-electron chi connectivity index (χ3n) is 16.7. The maximum Gasteiger partial charge on any atom is 0.344 e. The van der Waals surface area contributed by atoms with Crippen molar-refractivity contribution >= 4 is 67.1 Å². The van der Waals surface area contributed by atoms with Crippen molar-refractivity contribution in [3.8, 4) is 0 Å². The van der Waals surface area contributed by atoms with Crippen molar-refractivity contribution < 1.29 is 46.2 Å². The lowest BCUT2D eigenvalue weighted by Gasteiger charge is -2.45. The first-order valence-electron chi connectivity index (χ1n) is 26.9. The minimum Gasteiger partial charge on any atom is -0.481 e. The second-order valence-electron chi connectivity index (χ2n) is 22.3. The Kier molecular flexibility index (Phi) is 16.3. The van der Waals surface area contributed by atoms with E-state index in [1.807, 2.05) is 0 Å². The van der Waals surface area contributed by atoms with Crippen LogP contribution in [0.2, 0.25) is 0 Å². The number of aromatic nitrogens is 4. The summed E-state index contributed by atoms with van der Waals surface area (Å²) < 4.78 is 52.8. The molecule has 24 heteroatoms. The fourth-order valence-corrected chi connectivity index (χ4v) is 13.7. The number of carboxylic acid groups (broad SMARTS) is 2. The number of benzene rings is 2. The van der Waals surface area contributed by atoms with Crippen LogP contribution < -0.4 is 19.2 Å². The van der Waals surface area contributed by atoms with Crippen LogP contribution in [0, 0.1) is 25.7 Å². The van der Waals surface area contributed by atoms with E-state index < -0.39 is 32.0 Å². The molecule has 0 radical (unpaired) electrons. The number of piperidine rings is 3. The normalized spacial score (nSPS) is 21.1. The number of carbonyl (C=O) groups excluding carboxylic acids is 2. The summed E-state index contributed by atoms with van der Waals surface area (Å²) in [6, 6.07) is 15.7. The lowest BCUT2D eigenvalue weighted by Crippen LogP contribution is -2.53. The van der Waals surface area contributed by atoms with E-state index >= 15 is 0 Å². The Morgan fingerprint density at radius 1 is 0.584 bits per heavy atom. The summed E-state index contributed by atoms with van der Waals surface area (Å²) >= 11 is 0. The first-order valence-corrected chi connectivity index (χ1v) is 30.6. The molecule has 1 atom stereocenters. The van der Waals surface area contributed by atoms with Gasteiger partial charge in [-0.05, 0) is 138 Å². The molecule has 6 aliphatic rings. The Morgan fingerprint density at radius 2 is 1.08 bits per heavy atom. The fraction of sp³-hybridized carbons (Fsp3) is 0.585. The second-order valence-corrected chi connectivity index (χ2v) is 25.8. The molecule has 2 aromatic carbocycles. The Balaban J connectivity index is 0.000000188. The molecule has 2 amide bonds. The van der Waals surface area contributed by atoms with Crippen molar-refractivity contribution in [3.05, 3.63) is 83.2 Å². The van der Waals surface area contributed by atoms with E-state index in [0.29, 0.717) is 52.0 Å². The molecule has 10 rings (SSSR count). The molecule has 418 valence electrons. The smallest absolute Gasteiger partial charge is 0.344 e. The molecule has 2 aromatic heterocycles. The topological polar surface area (TPSA) is 256 Å². The van der Waals surface area contributed by atoms with Crippen LogP contribution in [0.3, 0.4) is 0 Å². The number of sulfonamides is 2. The van der Waals surface area contributed by atoms with E-state index in [-0.39, 0.29) is 46.6 Å². The lowest BCUT2D eigenvalue weighted by atomic mass is 9.84. The molecule has 6 fully saturated rings. The maximum atomic E-state index is 13.0. The van der Waals surface area contributed by atoms with Gasteiger partial charge in [0.1, 0.15) is 0 Å². The molecule has 22 nitrogen and oxygen atoms in total. The largest absolute Gasteiger partial charge is 0.481 e. The average Bonchev–Trinajstić information content (AvgIpc) is 4.28. The van der Waals surface area contributed by atoms with Gasteiger partial charge in [-0.1, -0.05) is 18.2 Å². The number of carboxylic acids is 2. The summed E-state index contributed by atoms with van der Waals surface area (Å²) in [6.45, 7) is 13.2. The van der Waals surface area contributed by atoms with Crippen molar-refractivity contribution in [2.24, 2.45) is 11.8 Å². The zero-order valence-electron chi connectivity index (χ0n) is 44.6. The number of aliphatic carboxylic acids is 2. The molecule has 0 bridgehead atoms. The van der Waals surface area contributed by atoms with Gasteiger partial charge in [-0.2, -0.15) is 9.36 Å². The van der Waals surface area contributed by atoms with Crippen LogP contribution in [0.1, 0.15) is 92.9 Å². The SMILES string of the molecule is Cc1cc(CN2CCCC23CCN(C(=O)n2ccc(NS(C)(=O)=O)n2)CC3)cc(N2CCC(C(=O)O)CC2)c1.Cc1ccc(CN2CCCC23CCN(C(=O)n2ccc(NS(C)(=O)=O)n2)CC3)c(N2CCC(C(=O)O)C2)c1. The summed E-state index contributed by atoms with van der Waals surface area (Å²) in [5.74, 6) is -1.73. The second kappa shape index (κ2) is 22.6. The minimum absolute atomic E-state index is 0.0284. The van der Waals surface area contributed by atoms with Crippen LogP contribution in [-0.2, 0) is 42.7 Å². The number of amides is 2. The molecular formula is C53H74N12O10S2. The summed E-state index contributed by atoms with van der Waals surface area (Å²) in [7, 11) is -6.92. The monoisotopic (exact) mass is 1100 g/mol. The Labute approximate surface area is 451 Å². The number of hydrogen-bond donors (Lipinski definition) is 4. The van der Waals surface area contributed by atoms with E-state index in [1.165, 1.54) is 61.8 Å². The maximum absolute atomic E-state index is 13.0. The van der Waals surface area contributed by atoms with Crippen LogP contribution in [0.15, 0.2) is 60.9 Å². The number of carbonyl (C=O) groups is 4. The lowest BCUT2D eigenvalue weighted by molar-refractivity contribution is -0.142. The van der Waals surface area contributed by atoms with Crippen molar-refractivity contribution in [1.82, 2.24) is 39.2 Å². The molecule has 4 N–H and O–H groups in total. The number of nitrogens with one attached hydrogen (secondary N) is 2. The van der Waals surface area contributed by atoms with E-state index in [9.17, 15) is 46.2 Å². The molecule has 77 heavy (non-hydrogen) atoms. The number of anilines is 4. The Hall–Kier alpha value is -6.24. The van der Waals surface area contributed by atoms with Gasteiger partial charge in [-0.15, -0.1) is 10.2 Å². The van der Waals surface area contributed by atoms with Gasteiger partial charge in [0.05, 0.1) is 24.3 Å². The molecular weight excluding hydrogens is 1030 g/mol.